The minimum absolute atomic E-state index is 0.149. The monoisotopic (exact) mass is 324 g/mol. The van der Waals surface area contributed by atoms with E-state index in [1.807, 2.05) is 24.3 Å². The molecule has 2 rings (SSSR count). The molecule has 0 unspecified atom stereocenters. The molecule has 0 saturated heterocycles. The molecule has 0 aliphatic carbocycles. The van der Waals surface area contributed by atoms with Gasteiger partial charge in [-0.3, -0.25) is 4.79 Å². The molecule has 0 heterocycles. The van der Waals surface area contributed by atoms with Crippen molar-refractivity contribution in [3.05, 3.63) is 54.1 Å². The molecule has 2 aromatic rings. The van der Waals surface area contributed by atoms with Gasteiger partial charge in [0.25, 0.3) is 0 Å². The number of hydrogen-bond donors (Lipinski definition) is 0. The lowest BCUT2D eigenvalue weighted by Gasteiger charge is -2.33. The fraction of sp³-hybridized carbons (Fsp3) is 0.409. The van der Waals surface area contributed by atoms with Crippen LogP contribution >= 0.6 is 0 Å². The molecule has 2 aromatic carbocycles. The Hall–Kier alpha value is -2.09. The average molecular weight is 324 g/mol. The topological polar surface area (TPSA) is 26.3 Å². The van der Waals surface area contributed by atoms with Gasteiger partial charge in [-0.15, -0.1) is 0 Å². The number of carbonyl (C=O) groups is 1. The van der Waals surface area contributed by atoms with Crippen LogP contribution in [0, 0.1) is 5.41 Å². The Kier molecular flexibility index (Phi) is 5.17. The molecule has 0 aliphatic rings. The molecular formula is C22H28O2. The minimum Gasteiger partial charge on any atom is -0.427 e. The Labute approximate surface area is 145 Å². The van der Waals surface area contributed by atoms with Crippen LogP contribution in [0.25, 0.3) is 11.1 Å². The zero-order valence-corrected chi connectivity index (χ0v) is 15.6. The molecule has 0 spiro atoms. The lowest BCUT2D eigenvalue weighted by molar-refractivity contribution is -0.131. The van der Waals surface area contributed by atoms with E-state index in [9.17, 15) is 4.79 Å². The van der Waals surface area contributed by atoms with Gasteiger partial charge in [0.1, 0.15) is 5.75 Å². The molecule has 24 heavy (non-hydrogen) atoms. The van der Waals surface area contributed by atoms with Crippen molar-refractivity contribution in [2.24, 2.45) is 5.41 Å². The first-order chi connectivity index (χ1) is 11.1. The van der Waals surface area contributed by atoms with E-state index in [-0.39, 0.29) is 11.4 Å². The highest BCUT2D eigenvalue weighted by Gasteiger charge is 2.27. The van der Waals surface area contributed by atoms with Crippen LogP contribution < -0.4 is 4.74 Å². The Morgan fingerprint density at radius 3 is 1.71 bits per heavy atom. The number of rotatable bonds is 4. The van der Waals surface area contributed by atoms with Crippen molar-refractivity contribution in [2.45, 2.75) is 53.4 Å². The van der Waals surface area contributed by atoms with Gasteiger partial charge in [0, 0.05) is 6.92 Å². The van der Waals surface area contributed by atoms with Crippen molar-refractivity contribution >= 4 is 5.97 Å². The second-order valence-corrected chi connectivity index (χ2v) is 8.32. The van der Waals surface area contributed by atoms with Gasteiger partial charge in [0.2, 0.25) is 0 Å². The highest BCUT2D eigenvalue weighted by Crippen LogP contribution is 2.36. The molecule has 0 bridgehead atoms. The first-order valence-electron chi connectivity index (χ1n) is 8.46. The van der Waals surface area contributed by atoms with Gasteiger partial charge in [-0.1, -0.05) is 71.0 Å². The third-order valence-corrected chi connectivity index (χ3v) is 4.09. The molecule has 0 radical (unpaired) electrons. The Morgan fingerprint density at radius 1 is 0.833 bits per heavy atom. The van der Waals surface area contributed by atoms with Crippen molar-refractivity contribution in [3.63, 3.8) is 0 Å². The largest absolute Gasteiger partial charge is 0.427 e. The van der Waals surface area contributed by atoms with E-state index < -0.39 is 0 Å². The summed E-state index contributed by atoms with van der Waals surface area (Å²) < 4.78 is 5.08. The van der Waals surface area contributed by atoms with E-state index in [0.717, 1.165) is 12.0 Å². The fourth-order valence-corrected chi connectivity index (χ4v) is 3.42. The highest BCUT2D eigenvalue weighted by molar-refractivity contribution is 5.70. The van der Waals surface area contributed by atoms with Crippen LogP contribution in [0.2, 0.25) is 0 Å². The summed E-state index contributed by atoms with van der Waals surface area (Å²) in [6.45, 7) is 12.9. The van der Waals surface area contributed by atoms with Crippen LogP contribution in [0.4, 0.5) is 0 Å². The van der Waals surface area contributed by atoms with E-state index >= 15 is 0 Å². The van der Waals surface area contributed by atoms with E-state index in [1.54, 1.807) is 0 Å². The number of ether oxygens (including phenoxy) is 1. The third kappa shape index (κ3) is 4.95. The second-order valence-electron chi connectivity index (χ2n) is 8.32. The molecule has 0 N–H and O–H groups in total. The van der Waals surface area contributed by atoms with E-state index in [4.69, 9.17) is 4.74 Å². The van der Waals surface area contributed by atoms with Gasteiger partial charge < -0.3 is 4.74 Å². The van der Waals surface area contributed by atoms with Gasteiger partial charge >= 0.3 is 5.97 Å². The van der Waals surface area contributed by atoms with Gasteiger partial charge in [-0.05, 0) is 46.1 Å². The highest BCUT2D eigenvalue weighted by atomic mass is 16.5. The maximum Gasteiger partial charge on any atom is 0.308 e. The number of hydrogen-bond acceptors (Lipinski definition) is 2. The van der Waals surface area contributed by atoms with Gasteiger partial charge in [0.15, 0.2) is 0 Å². The quantitative estimate of drug-likeness (QED) is 0.510. The molecule has 0 saturated carbocycles. The molecule has 0 fully saturated rings. The van der Waals surface area contributed by atoms with Crippen molar-refractivity contribution in [1.29, 1.82) is 0 Å². The van der Waals surface area contributed by atoms with Crippen LogP contribution in [0.5, 0.6) is 5.75 Å². The normalized spacial score (nSPS) is 12.1. The molecule has 2 heteroatoms. The van der Waals surface area contributed by atoms with Crippen molar-refractivity contribution in [2.75, 3.05) is 0 Å². The summed E-state index contributed by atoms with van der Waals surface area (Å²) in [5, 5.41) is 0. The van der Waals surface area contributed by atoms with Crippen molar-refractivity contribution in [3.8, 4) is 16.9 Å². The number of esters is 1. The Morgan fingerprint density at radius 2 is 1.29 bits per heavy atom. The van der Waals surface area contributed by atoms with Gasteiger partial charge in [-0.25, -0.2) is 0 Å². The first-order valence-corrected chi connectivity index (χ1v) is 8.46. The van der Waals surface area contributed by atoms with E-state index in [0.29, 0.717) is 11.2 Å². The predicted octanol–water partition coefficient (Wildman–Crippen LogP) is 5.99. The Balaban J connectivity index is 2.18. The second kappa shape index (κ2) is 6.80. The SMILES string of the molecule is CC(=O)Oc1ccc(-c2ccc(C(C)(C)CC(C)(C)C)cc2)cc1. The molecule has 0 aliphatic heterocycles. The van der Waals surface area contributed by atoms with E-state index in [2.05, 4.69) is 58.9 Å². The van der Waals surface area contributed by atoms with Crippen LogP contribution in [-0.4, -0.2) is 5.97 Å². The smallest absolute Gasteiger partial charge is 0.308 e. The summed E-state index contributed by atoms with van der Waals surface area (Å²) in [7, 11) is 0. The minimum atomic E-state index is -0.298. The zero-order chi connectivity index (χ0) is 18.0. The lowest BCUT2D eigenvalue weighted by Crippen LogP contribution is -2.24. The maximum atomic E-state index is 11.0. The maximum absolute atomic E-state index is 11.0. The fourth-order valence-electron chi connectivity index (χ4n) is 3.42. The van der Waals surface area contributed by atoms with Gasteiger partial charge in [0.05, 0.1) is 0 Å². The van der Waals surface area contributed by atoms with Crippen LogP contribution in [0.1, 0.15) is 53.5 Å². The molecule has 2 nitrogen and oxygen atoms in total. The summed E-state index contributed by atoms with van der Waals surface area (Å²) >= 11 is 0. The summed E-state index contributed by atoms with van der Waals surface area (Å²) in [4.78, 5) is 11.0. The zero-order valence-electron chi connectivity index (χ0n) is 15.6. The van der Waals surface area contributed by atoms with Crippen LogP contribution in [-0.2, 0) is 10.2 Å². The molecule has 0 atom stereocenters. The predicted molar refractivity (Wildman–Crippen MR) is 100 cm³/mol. The third-order valence-electron chi connectivity index (χ3n) is 4.09. The van der Waals surface area contributed by atoms with Crippen LogP contribution in [0.15, 0.2) is 48.5 Å². The first kappa shape index (κ1) is 18.3. The number of carbonyl (C=O) groups excluding carboxylic acids is 1. The molecule has 128 valence electrons. The summed E-state index contributed by atoms with van der Waals surface area (Å²) in [5.41, 5.74) is 4.09. The summed E-state index contributed by atoms with van der Waals surface area (Å²) in [6.07, 6.45) is 1.14. The van der Waals surface area contributed by atoms with E-state index in [1.165, 1.54) is 18.1 Å². The molecular weight excluding hydrogens is 296 g/mol. The lowest BCUT2D eigenvalue weighted by atomic mass is 9.72. The standard InChI is InChI=1S/C22H28O2/c1-16(23)24-20-13-9-18(10-14-20)17-7-11-19(12-8-17)22(5,6)15-21(2,3)4/h7-14H,15H2,1-6H3. The number of benzene rings is 2. The van der Waals surface area contributed by atoms with Gasteiger partial charge in [-0.2, -0.15) is 0 Å². The summed E-state index contributed by atoms with van der Waals surface area (Å²) in [5.74, 6) is 0.280. The van der Waals surface area contributed by atoms with Crippen LogP contribution in [0.3, 0.4) is 0 Å². The Bertz CT molecular complexity index is 686. The van der Waals surface area contributed by atoms with Crippen molar-refractivity contribution in [1.82, 2.24) is 0 Å². The molecule has 0 amide bonds. The molecule has 0 aromatic heterocycles. The van der Waals surface area contributed by atoms with Crippen molar-refractivity contribution < 1.29 is 9.53 Å². The average Bonchev–Trinajstić information content (AvgIpc) is 2.45. The summed E-state index contributed by atoms with van der Waals surface area (Å²) in [6, 6.07) is 16.4.